The molecule has 92 valence electrons. The molecule has 0 bridgehead atoms. The maximum atomic E-state index is 10.9. The molecule has 17 heavy (non-hydrogen) atoms. The first-order valence-electron chi connectivity index (χ1n) is 6.11. The highest BCUT2D eigenvalue weighted by Crippen LogP contribution is 2.23. The second-order valence-electron chi connectivity index (χ2n) is 4.89. The van der Waals surface area contributed by atoms with E-state index in [-0.39, 0.29) is 0 Å². The number of carboxylic acid groups (broad SMARTS) is 1. The summed E-state index contributed by atoms with van der Waals surface area (Å²) in [5, 5.41) is 8.94. The lowest BCUT2D eigenvalue weighted by Gasteiger charge is -2.21. The zero-order valence-electron chi connectivity index (χ0n) is 10.4. The van der Waals surface area contributed by atoms with Gasteiger partial charge in [-0.1, -0.05) is 18.2 Å². The van der Waals surface area contributed by atoms with Crippen molar-refractivity contribution in [2.24, 2.45) is 0 Å². The molecule has 1 aliphatic carbocycles. The predicted molar refractivity (Wildman–Crippen MR) is 67.0 cm³/mol. The van der Waals surface area contributed by atoms with E-state index in [2.05, 4.69) is 18.2 Å². The zero-order valence-corrected chi connectivity index (χ0v) is 10.4. The average molecular weight is 233 g/mol. The number of carbonyl (C=O) groups is 1. The third-order valence-electron chi connectivity index (χ3n) is 3.61. The molecule has 0 amide bonds. The minimum atomic E-state index is -0.770. The highest BCUT2D eigenvalue weighted by atomic mass is 16.4. The molecule has 3 heteroatoms. The highest BCUT2D eigenvalue weighted by Gasteiger charge is 2.17. The number of hydrogen-bond donors (Lipinski definition) is 1. The van der Waals surface area contributed by atoms with Gasteiger partial charge in [0, 0.05) is 6.54 Å². The molecule has 0 saturated heterocycles. The van der Waals surface area contributed by atoms with Gasteiger partial charge >= 0.3 is 5.97 Å². The van der Waals surface area contributed by atoms with Crippen molar-refractivity contribution in [3.05, 3.63) is 34.9 Å². The standard InChI is InChI=1S/C14H19NO2/c1-10(14(16)17)15(2)9-11-6-7-12-4-3-5-13(12)8-11/h6-8,10H,3-5,9H2,1-2H3,(H,16,17). The summed E-state index contributed by atoms with van der Waals surface area (Å²) in [4.78, 5) is 12.7. The summed E-state index contributed by atoms with van der Waals surface area (Å²) in [6, 6.07) is 6.10. The maximum absolute atomic E-state index is 10.9. The summed E-state index contributed by atoms with van der Waals surface area (Å²) in [6.07, 6.45) is 3.61. The number of nitrogens with zero attached hydrogens (tertiary/aromatic N) is 1. The molecule has 0 spiro atoms. The minimum absolute atomic E-state index is 0.441. The Kier molecular flexibility index (Phi) is 3.48. The van der Waals surface area contributed by atoms with Gasteiger partial charge < -0.3 is 5.11 Å². The SMILES string of the molecule is CC(C(=O)O)N(C)Cc1ccc2c(c1)CCC2. The first-order chi connectivity index (χ1) is 8.08. The smallest absolute Gasteiger partial charge is 0.320 e. The van der Waals surface area contributed by atoms with E-state index in [0.717, 1.165) is 0 Å². The molecule has 1 aliphatic rings. The molecule has 0 radical (unpaired) electrons. The third-order valence-corrected chi connectivity index (χ3v) is 3.61. The molecule has 2 rings (SSSR count). The third kappa shape index (κ3) is 2.67. The first-order valence-corrected chi connectivity index (χ1v) is 6.11. The van der Waals surface area contributed by atoms with Crippen LogP contribution in [0.4, 0.5) is 0 Å². The van der Waals surface area contributed by atoms with Crippen molar-refractivity contribution in [1.82, 2.24) is 4.90 Å². The Morgan fingerprint density at radius 3 is 2.82 bits per heavy atom. The summed E-state index contributed by atoms with van der Waals surface area (Å²) in [5.41, 5.74) is 4.11. The number of likely N-dealkylation sites (N-methyl/N-ethyl adjacent to an activating group) is 1. The molecule has 1 aromatic rings. The topological polar surface area (TPSA) is 40.5 Å². The maximum Gasteiger partial charge on any atom is 0.320 e. The number of hydrogen-bond acceptors (Lipinski definition) is 2. The van der Waals surface area contributed by atoms with Crippen molar-refractivity contribution in [3.63, 3.8) is 0 Å². The van der Waals surface area contributed by atoms with Gasteiger partial charge in [-0.25, -0.2) is 0 Å². The van der Waals surface area contributed by atoms with Crippen LogP contribution in [0.15, 0.2) is 18.2 Å². The molecule has 0 heterocycles. The van der Waals surface area contributed by atoms with Crippen molar-refractivity contribution in [2.75, 3.05) is 7.05 Å². The van der Waals surface area contributed by atoms with Crippen molar-refractivity contribution < 1.29 is 9.90 Å². The van der Waals surface area contributed by atoms with Gasteiger partial charge in [0.2, 0.25) is 0 Å². The number of aryl methyl sites for hydroxylation is 2. The summed E-state index contributed by atoms with van der Waals surface area (Å²) < 4.78 is 0. The van der Waals surface area contributed by atoms with E-state index in [9.17, 15) is 4.79 Å². The number of aliphatic carboxylic acids is 1. The Hall–Kier alpha value is -1.35. The first kappa shape index (κ1) is 12.1. The van der Waals surface area contributed by atoms with Gasteiger partial charge in [0.05, 0.1) is 0 Å². The fraction of sp³-hybridized carbons (Fsp3) is 0.500. The van der Waals surface area contributed by atoms with Crippen LogP contribution in [0.5, 0.6) is 0 Å². The van der Waals surface area contributed by atoms with Crippen LogP contribution < -0.4 is 0 Å². The van der Waals surface area contributed by atoms with Gasteiger partial charge in [-0.2, -0.15) is 0 Å². The van der Waals surface area contributed by atoms with Crippen LogP contribution in [0.3, 0.4) is 0 Å². The van der Waals surface area contributed by atoms with Crippen molar-refractivity contribution in [1.29, 1.82) is 0 Å². The Labute approximate surface area is 102 Å². The second kappa shape index (κ2) is 4.88. The van der Waals surface area contributed by atoms with E-state index < -0.39 is 12.0 Å². The number of rotatable bonds is 4. The molecule has 1 N–H and O–H groups in total. The van der Waals surface area contributed by atoms with Crippen LogP contribution in [0, 0.1) is 0 Å². The molecule has 1 unspecified atom stereocenters. The van der Waals surface area contributed by atoms with Crippen LogP contribution in [0.2, 0.25) is 0 Å². The highest BCUT2D eigenvalue weighted by molar-refractivity contribution is 5.72. The monoisotopic (exact) mass is 233 g/mol. The van der Waals surface area contributed by atoms with E-state index in [4.69, 9.17) is 5.11 Å². The summed E-state index contributed by atoms with van der Waals surface area (Å²) in [7, 11) is 1.85. The minimum Gasteiger partial charge on any atom is -0.480 e. The summed E-state index contributed by atoms with van der Waals surface area (Å²) >= 11 is 0. The van der Waals surface area contributed by atoms with E-state index in [1.54, 1.807) is 6.92 Å². The molecular formula is C14H19NO2. The van der Waals surface area contributed by atoms with Gasteiger partial charge in [0.15, 0.2) is 0 Å². The molecule has 0 saturated carbocycles. The fourth-order valence-electron chi connectivity index (χ4n) is 2.34. The van der Waals surface area contributed by atoms with Crippen LogP contribution in [0.1, 0.15) is 30.0 Å². The Bertz CT molecular complexity index is 428. The summed E-state index contributed by atoms with van der Waals surface area (Å²) in [5.74, 6) is -0.770. The van der Waals surface area contributed by atoms with Crippen LogP contribution in [0.25, 0.3) is 0 Å². The van der Waals surface area contributed by atoms with Gasteiger partial charge in [0.1, 0.15) is 6.04 Å². The lowest BCUT2D eigenvalue weighted by Crippen LogP contribution is -2.35. The van der Waals surface area contributed by atoms with E-state index in [1.807, 2.05) is 11.9 Å². The van der Waals surface area contributed by atoms with Crippen LogP contribution in [-0.2, 0) is 24.2 Å². The van der Waals surface area contributed by atoms with E-state index in [1.165, 1.54) is 36.0 Å². The predicted octanol–water partition coefficient (Wildman–Crippen LogP) is 2.08. The Morgan fingerprint density at radius 1 is 1.41 bits per heavy atom. The molecule has 0 fully saturated rings. The lowest BCUT2D eigenvalue weighted by molar-refractivity contribution is -0.142. The molecule has 3 nitrogen and oxygen atoms in total. The largest absolute Gasteiger partial charge is 0.480 e. The zero-order chi connectivity index (χ0) is 12.4. The molecule has 0 aromatic heterocycles. The molecule has 1 atom stereocenters. The lowest BCUT2D eigenvalue weighted by atomic mass is 10.1. The van der Waals surface area contributed by atoms with Crippen molar-refractivity contribution in [2.45, 2.75) is 38.8 Å². The quantitative estimate of drug-likeness (QED) is 0.865. The Morgan fingerprint density at radius 2 is 2.12 bits per heavy atom. The molecule has 0 aliphatic heterocycles. The van der Waals surface area contributed by atoms with Crippen molar-refractivity contribution in [3.8, 4) is 0 Å². The number of benzene rings is 1. The number of carboxylic acids is 1. The molecular weight excluding hydrogens is 214 g/mol. The van der Waals surface area contributed by atoms with E-state index >= 15 is 0 Å². The van der Waals surface area contributed by atoms with Gasteiger partial charge in [-0.05, 0) is 49.9 Å². The number of fused-ring (bicyclic) bond motifs is 1. The van der Waals surface area contributed by atoms with E-state index in [0.29, 0.717) is 6.54 Å². The van der Waals surface area contributed by atoms with Crippen LogP contribution >= 0.6 is 0 Å². The Balaban J connectivity index is 2.06. The average Bonchev–Trinajstić information content (AvgIpc) is 2.74. The van der Waals surface area contributed by atoms with Gasteiger partial charge in [-0.3, -0.25) is 9.69 Å². The fourth-order valence-corrected chi connectivity index (χ4v) is 2.34. The van der Waals surface area contributed by atoms with Gasteiger partial charge in [-0.15, -0.1) is 0 Å². The second-order valence-corrected chi connectivity index (χ2v) is 4.89. The van der Waals surface area contributed by atoms with Crippen molar-refractivity contribution >= 4 is 5.97 Å². The van der Waals surface area contributed by atoms with Crippen LogP contribution in [-0.4, -0.2) is 29.1 Å². The summed E-state index contributed by atoms with van der Waals surface area (Å²) in [6.45, 7) is 2.41. The normalized spacial score (nSPS) is 15.9. The molecule has 1 aromatic carbocycles. The van der Waals surface area contributed by atoms with Gasteiger partial charge in [0.25, 0.3) is 0 Å².